The van der Waals surface area contributed by atoms with Gasteiger partial charge in [0.2, 0.25) is 0 Å². The van der Waals surface area contributed by atoms with E-state index in [-0.39, 0.29) is 23.7 Å². The van der Waals surface area contributed by atoms with Crippen LogP contribution < -0.4 is 0 Å². The summed E-state index contributed by atoms with van der Waals surface area (Å²) < 4.78 is 18.4. The summed E-state index contributed by atoms with van der Waals surface area (Å²) >= 11 is 3.55. The summed E-state index contributed by atoms with van der Waals surface area (Å²) in [5.41, 5.74) is 2.51. The minimum atomic E-state index is -0.533. The number of esters is 1. The summed E-state index contributed by atoms with van der Waals surface area (Å²) in [7, 11) is 0. The highest BCUT2D eigenvalue weighted by molar-refractivity contribution is 9.10. The van der Waals surface area contributed by atoms with E-state index in [0.29, 0.717) is 19.8 Å². The van der Waals surface area contributed by atoms with Crippen molar-refractivity contribution in [1.29, 1.82) is 0 Å². The third-order valence-corrected chi connectivity index (χ3v) is 5.69. The van der Waals surface area contributed by atoms with E-state index in [0.717, 1.165) is 17.3 Å². The van der Waals surface area contributed by atoms with Crippen LogP contribution in [-0.2, 0) is 19.0 Å². The Morgan fingerprint density at radius 1 is 1.36 bits per heavy atom. The van der Waals surface area contributed by atoms with Crippen LogP contribution in [0.2, 0.25) is 0 Å². The molecule has 0 aromatic heterocycles. The first kappa shape index (κ1) is 14.7. The topological polar surface area (TPSA) is 44.8 Å². The van der Waals surface area contributed by atoms with Crippen molar-refractivity contribution in [2.45, 2.75) is 37.4 Å². The van der Waals surface area contributed by atoms with Crippen molar-refractivity contribution in [2.75, 3.05) is 19.8 Å². The minimum Gasteiger partial charge on any atom is -0.466 e. The van der Waals surface area contributed by atoms with Crippen LogP contribution in [-0.4, -0.2) is 31.6 Å². The van der Waals surface area contributed by atoms with Crippen LogP contribution in [0.3, 0.4) is 0 Å². The van der Waals surface area contributed by atoms with Gasteiger partial charge in [-0.25, -0.2) is 0 Å². The van der Waals surface area contributed by atoms with Crippen LogP contribution in [0.1, 0.15) is 42.7 Å². The molecule has 1 aromatic rings. The molecular weight excluding hydrogens is 348 g/mol. The Bertz CT molecular complexity index is 609. The van der Waals surface area contributed by atoms with Gasteiger partial charge >= 0.3 is 5.97 Å². The van der Waals surface area contributed by atoms with E-state index in [2.05, 4.69) is 34.1 Å². The lowest BCUT2D eigenvalue weighted by molar-refractivity contribution is -0.210. The summed E-state index contributed by atoms with van der Waals surface area (Å²) in [6, 6.07) is 6.34. The fourth-order valence-corrected chi connectivity index (χ4v) is 4.74. The van der Waals surface area contributed by atoms with Gasteiger partial charge in [0.1, 0.15) is 0 Å². The largest absolute Gasteiger partial charge is 0.466 e. The fourth-order valence-electron chi connectivity index (χ4n) is 4.36. The molecule has 4 aliphatic rings. The minimum absolute atomic E-state index is 0.0871. The SMILES string of the molecule is CCOC(=O)C1CC2c3ccc(Br)cc3C1CC21OCCO1. The van der Waals surface area contributed by atoms with Gasteiger partial charge in [0.25, 0.3) is 0 Å². The normalized spacial score (nSPS) is 31.3. The molecule has 1 spiro atoms. The molecule has 2 bridgehead atoms. The molecule has 3 unspecified atom stereocenters. The standard InChI is InChI=1S/C17H19BrO4/c1-2-20-16(19)13-8-15-11-4-3-10(18)7-12(11)14(13)9-17(15)21-5-6-22-17/h3-4,7,13-15H,2,5-6,8-9H2,1H3. The maximum atomic E-state index is 12.4. The van der Waals surface area contributed by atoms with Crippen molar-refractivity contribution < 1.29 is 19.0 Å². The van der Waals surface area contributed by atoms with Crippen molar-refractivity contribution in [3.63, 3.8) is 0 Å². The number of hydrogen-bond donors (Lipinski definition) is 0. The third-order valence-electron chi connectivity index (χ3n) is 5.20. The van der Waals surface area contributed by atoms with Gasteiger partial charge in [0, 0.05) is 22.7 Å². The number of hydrogen-bond acceptors (Lipinski definition) is 4. The number of halogens is 1. The van der Waals surface area contributed by atoms with Gasteiger partial charge in [0.05, 0.1) is 25.7 Å². The second-order valence-corrected chi connectivity index (χ2v) is 7.16. The van der Waals surface area contributed by atoms with Gasteiger partial charge in [0.15, 0.2) is 5.79 Å². The zero-order chi connectivity index (χ0) is 15.3. The number of fused-ring (bicyclic) bond motifs is 1. The van der Waals surface area contributed by atoms with E-state index < -0.39 is 5.79 Å². The molecule has 1 aromatic carbocycles. The van der Waals surface area contributed by atoms with Gasteiger partial charge in [-0.2, -0.15) is 0 Å². The second-order valence-electron chi connectivity index (χ2n) is 6.24. The lowest BCUT2D eigenvalue weighted by Crippen LogP contribution is -2.51. The van der Waals surface area contributed by atoms with Gasteiger partial charge in [-0.3, -0.25) is 4.79 Å². The lowest BCUT2D eigenvalue weighted by Gasteiger charge is -2.51. The van der Waals surface area contributed by atoms with E-state index in [1.165, 1.54) is 11.1 Å². The van der Waals surface area contributed by atoms with Crippen LogP contribution in [0, 0.1) is 5.92 Å². The van der Waals surface area contributed by atoms with Crippen LogP contribution >= 0.6 is 15.9 Å². The van der Waals surface area contributed by atoms with Gasteiger partial charge in [-0.15, -0.1) is 0 Å². The smallest absolute Gasteiger partial charge is 0.309 e. The average molecular weight is 367 g/mol. The summed E-state index contributed by atoms with van der Waals surface area (Å²) in [6.07, 6.45) is 1.49. The molecule has 3 aliphatic carbocycles. The molecule has 1 heterocycles. The number of carbonyl (C=O) groups is 1. The molecule has 1 saturated carbocycles. The van der Waals surface area contributed by atoms with Gasteiger partial charge in [-0.05, 0) is 36.6 Å². The Labute approximate surface area is 138 Å². The highest BCUT2D eigenvalue weighted by atomic mass is 79.9. The first-order chi connectivity index (χ1) is 10.6. The Kier molecular flexibility index (Phi) is 3.55. The summed E-state index contributed by atoms with van der Waals surface area (Å²) in [6.45, 7) is 3.56. The summed E-state index contributed by atoms with van der Waals surface area (Å²) in [5, 5.41) is 0. The first-order valence-corrected chi connectivity index (χ1v) is 8.68. The molecule has 4 nitrogen and oxygen atoms in total. The second kappa shape index (κ2) is 5.32. The Hall–Kier alpha value is -0.910. The van der Waals surface area contributed by atoms with Gasteiger partial charge in [-0.1, -0.05) is 22.0 Å². The van der Waals surface area contributed by atoms with Crippen LogP contribution in [0.5, 0.6) is 0 Å². The lowest BCUT2D eigenvalue weighted by atomic mass is 9.59. The molecule has 1 aliphatic heterocycles. The molecular formula is C17H19BrO4. The van der Waals surface area contributed by atoms with Gasteiger partial charge < -0.3 is 14.2 Å². The predicted octanol–water partition coefficient (Wildman–Crippen LogP) is 3.35. The monoisotopic (exact) mass is 366 g/mol. The molecule has 5 rings (SSSR count). The van der Waals surface area contributed by atoms with E-state index >= 15 is 0 Å². The Morgan fingerprint density at radius 2 is 2.14 bits per heavy atom. The molecule has 5 heteroatoms. The van der Waals surface area contributed by atoms with Crippen molar-refractivity contribution in [3.05, 3.63) is 33.8 Å². The molecule has 0 amide bonds. The Morgan fingerprint density at radius 3 is 2.86 bits per heavy atom. The highest BCUT2D eigenvalue weighted by Gasteiger charge is 2.58. The van der Waals surface area contributed by atoms with Crippen molar-refractivity contribution in [3.8, 4) is 0 Å². The molecule has 2 fully saturated rings. The van der Waals surface area contributed by atoms with Crippen molar-refractivity contribution in [2.24, 2.45) is 5.92 Å². The van der Waals surface area contributed by atoms with Crippen LogP contribution in [0.4, 0.5) is 0 Å². The zero-order valence-corrected chi connectivity index (χ0v) is 14.1. The fraction of sp³-hybridized carbons (Fsp3) is 0.588. The molecule has 1 saturated heterocycles. The van der Waals surface area contributed by atoms with Crippen molar-refractivity contribution in [1.82, 2.24) is 0 Å². The van der Waals surface area contributed by atoms with Crippen LogP contribution in [0.15, 0.2) is 22.7 Å². The number of benzene rings is 1. The summed E-state index contributed by atoms with van der Waals surface area (Å²) in [4.78, 5) is 12.4. The van der Waals surface area contributed by atoms with Crippen LogP contribution in [0.25, 0.3) is 0 Å². The van der Waals surface area contributed by atoms with E-state index in [1.807, 2.05) is 6.92 Å². The van der Waals surface area contributed by atoms with E-state index in [9.17, 15) is 4.79 Å². The molecule has 3 atom stereocenters. The molecule has 118 valence electrons. The number of carbonyl (C=O) groups excluding carboxylic acids is 1. The average Bonchev–Trinajstić information content (AvgIpc) is 2.96. The maximum Gasteiger partial charge on any atom is 0.309 e. The quantitative estimate of drug-likeness (QED) is 0.753. The van der Waals surface area contributed by atoms with E-state index in [1.54, 1.807) is 0 Å². The number of rotatable bonds is 2. The number of ether oxygens (including phenoxy) is 3. The maximum absolute atomic E-state index is 12.4. The first-order valence-electron chi connectivity index (χ1n) is 7.88. The van der Waals surface area contributed by atoms with Crippen molar-refractivity contribution >= 4 is 21.9 Å². The Balaban J connectivity index is 1.77. The molecule has 22 heavy (non-hydrogen) atoms. The zero-order valence-electron chi connectivity index (χ0n) is 12.5. The summed E-state index contributed by atoms with van der Waals surface area (Å²) in [5.74, 6) is -0.498. The molecule has 0 radical (unpaired) electrons. The highest BCUT2D eigenvalue weighted by Crippen LogP contribution is 2.60. The van der Waals surface area contributed by atoms with E-state index in [4.69, 9.17) is 14.2 Å². The third kappa shape index (κ3) is 2.06. The predicted molar refractivity (Wildman–Crippen MR) is 83.6 cm³/mol. The molecule has 0 N–H and O–H groups in total.